The molecular formula is C7H13NO3S. The lowest BCUT2D eigenvalue weighted by Gasteiger charge is -2.07. The minimum Gasteiger partial charge on any atom is -0.358 e. The van der Waals surface area contributed by atoms with Crippen LogP contribution in [0, 0.1) is 0 Å². The molecule has 12 heavy (non-hydrogen) atoms. The summed E-state index contributed by atoms with van der Waals surface area (Å²) >= 11 is 1.52. The molecule has 1 saturated heterocycles. The largest absolute Gasteiger partial charge is 0.358 e. The third kappa shape index (κ3) is 3.42. The highest BCUT2D eigenvalue weighted by molar-refractivity contribution is 7.99. The van der Waals surface area contributed by atoms with Gasteiger partial charge in [0.2, 0.25) is 5.91 Å². The predicted molar refractivity (Wildman–Crippen MR) is 47.1 cm³/mol. The molecule has 1 fully saturated rings. The molecule has 0 bridgehead atoms. The number of thioether (sulfide) groups is 1. The van der Waals surface area contributed by atoms with E-state index in [0.717, 1.165) is 5.75 Å². The number of rotatable bonds is 4. The second-order valence-corrected chi connectivity index (χ2v) is 3.39. The minimum atomic E-state index is -0.111. The van der Waals surface area contributed by atoms with Crippen LogP contribution in [0.4, 0.5) is 0 Å². The molecule has 0 aromatic rings. The van der Waals surface area contributed by atoms with Crippen LogP contribution in [-0.4, -0.2) is 44.0 Å². The number of nitrogens with one attached hydrogen (secondary N) is 1. The molecule has 0 aromatic heterocycles. The summed E-state index contributed by atoms with van der Waals surface area (Å²) in [4.78, 5) is 10.8. The molecule has 1 aliphatic rings. The summed E-state index contributed by atoms with van der Waals surface area (Å²) in [5.74, 6) is 1.24. The fourth-order valence-corrected chi connectivity index (χ4v) is 1.66. The van der Waals surface area contributed by atoms with Gasteiger partial charge in [0.25, 0.3) is 0 Å². The van der Waals surface area contributed by atoms with Gasteiger partial charge in [0.05, 0.1) is 19.0 Å². The molecule has 0 spiro atoms. The van der Waals surface area contributed by atoms with Crippen LogP contribution >= 0.6 is 11.8 Å². The second-order valence-electron chi connectivity index (χ2n) is 2.36. The van der Waals surface area contributed by atoms with Crippen molar-refractivity contribution in [1.82, 2.24) is 5.32 Å². The Hall–Kier alpha value is -0.260. The van der Waals surface area contributed by atoms with Crippen molar-refractivity contribution in [2.75, 3.05) is 31.8 Å². The molecule has 0 saturated carbocycles. The highest BCUT2D eigenvalue weighted by Crippen LogP contribution is 2.10. The van der Waals surface area contributed by atoms with E-state index >= 15 is 0 Å². The van der Waals surface area contributed by atoms with Crippen LogP contribution in [0.5, 0.6) is 0 Å². The molecule has 1 amide bonds. The molecule has 4 nitrogen and oxygen atoms in total. The Labute approximate surface area is 76.0 Å². The van der Waals surface area contributed by atoms with Gasteiger partial charge in [0, 0.05) is 12.8 Å². The van der Waals surface area contributed by atoms with Gasteiger partial charge in [-0.05, 0) is 0 Å². The quantitative estimate of drug-likeness (QED) is 0.670. The van der Waals surface area contributed by atoms with Gasteiger partial charge in [0.15, 0.2) is 6.29 Å². The first-order valence-corrected chi connectivity index (χ1v) is 5.00. The van der Waals surface area contributed by atoms with Crippen molar-refractivity contribution in [2.45, 2.75) is 6.29 Å². The molecule has 0 aliphatic carbocycles. The number of hydrogen-bond acceptors (Lipinski definition) is 4. The van der Waals surface area contributed by atoms with E-state index in [1.807, 2.05) is 0 Å². The molecule has 0 unspecified atom stereocenters. The first kappa shape index (κ1) is 9.83. The van der Waals surface area contributed by atoms with Crippen LogP contribution in [-0.2, 0) is 14.3 Å². The lowest BCUT2D eigenvalue weighted by atomic mass is 10.7. The van der Waals surface area contributed by atoms with E-state index in [4.69, 9.17) is 9.47 Å². The Bertz CT molecular complexity index is 148. The van der Waals surface area contributed by atoms with E-state index in [1.54, 1.807) is 7.05 Å². The standard InChI is InChI=1S/C7H13NO3S/c1-8-6(9)4-12-5-7-10-2-3-11-7/h7H,2-5H2,1H3,(H,8,9). The van der Waals surface area contributed by atoms with E-state index in [9.17, 15) is 4.79 Å². The summed E-state index contributed by atoms with van der Waals surface area (Å²) < 4.78 is 10.4. The summed E-state index contributed by atoms with van der Waals surface area (Å²) in [5.41, 5.74) is 0. The van der Waals surface area contributed by atoms with E-state index in [2.05, 4.69) is 5.32 Å². The van der Waals surface area contributed by atoms with Gasteiger partial charge in [-0.15, -0.1) is 11.8 Å². The first-order chi connectivity index (χ1) is 5.83. The van der Waals surface area contributed by atoms with E-state index < -0.39 is 0 Å². The highest BCUT2D eigenvalue weighted by Gasteiger charge is 2.15. The van der Waals surface area contributed by atoms with Crippen LogP contribution in [0.25, 0.3) is 0 Å². The summed E-state index contributed by atoms with van der Waals surface area (Å²) in [6, 6.07) is 0. The van der Waals surface area contributed by atoms with E-state index in [1.165, 1.54) is 11.8 Å². The fraction of sp³-hybridized carbons (Fsp3) is 0.857. The number of amides is 1. The number of ether oxygens (including phenoxy) is 2. The lowest BCUT2D eigenvalue weighted by Crippen LogP contribution is -2.21. The van der Waals surface area contributed by atoms with Gasteiger partial charge < -0.3 is 14.8 Å². The van der Waals surface area contributed by atoms with Crippen LogP contribution in [0.1, 0.15) is 0 Å². The van der Waals surface area contributed by atoms with Crippen molar-refractivity contribution >= 4 is 17.7 Å². The summed E-state index contributed by atoms with van der Waals surface area (Å²) in [6.45, 7) is 1.34. The van der Waals surface area contributed by atoms with Gasteiger partial charge in [-0.25, -0.2) is 0 Å². The Morgan fingerprint density at radius 1 is 1.58 bits per heavy atom. The van der Waals surface area contributed by atoms with Gasteiger partial charge in [0.1, 0.15) is 0 Å². The molecule has 70 valence electrons. The smallest absolute Gasteiger partial charge is 0.229 e. The SMILES string of the molecule is CNC(=O)CSCC1OCCO1. The average Bonchev–Trinajstić information content (AvgIpc) is 2.57. The zero-order chi connectivity index (χ0) is 8.81. The van der Waals surface area contributed by atoms with Crippen LogP contribution in [0.3, 0.4) is 0 Å². The normalized spacial score (nSPS) is 18.1. The Morgan fingerprint density at radius 3 is 2.83 bits per heavy atom. The number of carbonyl (C=O) groups is 1. The van der Waals surface area contributed by atoms with Gasteiger partial charge in [-0.3, -0.25) is 4.79 Å². The van der Waals surface area contributed by atoms with Crippen LogP contribution in [0.2, 0.25) is 0 Å². The summed E-state index contributed by atoms with van der Waals surface area (Å²) in [7, 11) is 1.63. The topological polar surface area (TPSA) is 47.6 Å². The Morgan fingerprint density at radius 2 is 2.25 bits per heavy atom. The molecule has 1 N–H and O–H groups in total. The van der Waals surface area contributed by atoms with E-state index in [-0.39, 0.29) is 12.2 Å². The van der Waals surface area contributed by atoms with Crippen LogP contribution in [0.15, 0.2) is 0 Å². The fourth-order valence-electron chi connectivity index (χ4n) is 0.823. The van der Waals surface area contributed by atoms with Crippen molar-refractivity contribution in [1.29, 1.82) is 0 Å². The monoisotopic (exact) mass is 191 g/mol. The number of carbonyl (C=O) groups excluding carboxylic acids is 1. The van der Waals surface area contributed by atoms with Crippen LogP contribution < -0.4 is 5.32 Å². The van der Waals surface area contributed by atoms with Crippen molar-refractivity contribution in [3.8, 4) is 0 Å². The first-order valence-electron chi connectivity index (χ1n) is 3.84. The minimum absolute atomic E-state index is 0.0398. The third-order valence-electron chi connectivity index (χ3n) is 1.46. The zero-order valence-electron chi connectivity index (χ0n) is 7.04. The average molecular weight is 191 g/mol. The molecule has 0 radical (unpaired) electrons. The second kappa shape index (κ2) is 5.40. The molecule has 5 heteroatoms. The molecule has 1 aliphatic heterocycles. The maximum absolute atomic E-state index is 10.8. The molecule has 1 heterocycles. The maximum atomic E-state index is 10.8. The summed E-state index contributed by atoms with van der Waals surface area (Å²) in [6.07, 6.45) is -0.111. The Balaban J connectivity index is 1.97. The van der Waals surface area contributed by atoms with Crippen molar-refractivity contribution in [3.05, 3.63) is 0 Å². The van der Waals surface area contributed by atoms with Gasteiger partial charge in [-0.2, -0.15) is 0 Å². The lowest BCUT2D eigenvalue weighted by molar-refractivity contribution is -0.118. The Kier molecular flexibility index (Phi) is 4.42. The molecule has 0 atom stereocenters. The maximum Gasteiger partial charge on any atom is 0.229 e. The van der Waals surface area contributed by atoms with Gasteiger partial charge >= 0.3 is 0 Å². The van der Waals surface area contributed by atoms with Gasteiger partial charge in [-0.1, -0.05) is 0 Å². The van der Waals surface area contributed by atoms with E-state index in [0.29, 0.717) is 19.0 Å². The third-order valence-corrected chi connectivity index (χ3v) is 2.43. The zero-order valence-corrected chi connectivity index (χ0v) is 7.86. The molecule has 1 rings (SSSR count). The predicted octanol–water partition coefficient (Wildman–Crippen LogP) is -0.162. The number of hydrogen-bond donors (Lipinski definition) is 1. The highest BCUT2D eigenvalue weighted by atomic mass is 32.2. The van der Waals surface area contributed by atoms with Crippen molar-refractivity contribution in [2.24, 2.45) is 0 Å². The van der Waals surface area contributed by atoms with Crippen molar-refractivity contribution < 1.29 is 14.3 Å². The molecular weight excluding hydrogens is 178 g/mol. The molecule has 0 aromatic carbocycles. The van der Waals surface area contributed by atoms with Crippen molar-refractivity contribution in [3.63, 3.8) is 0 Å². The summed E-state index contributed by atoms with van der Waals surface area (Å²) in [5, 5.41) is 2.55.